The molecule has 0 fully saturated rings. The summed E-state index contributed by atoms with van der Waals surface area (Å²) in [4.78, 5) is 9.19. The number of thioether (sulfide) groups is 1. The lowest BCUT2D eigenvalue weighted by atomic mass is 10.2. The van der Waals surface area contributed by atoms with E-state index in [1.807, 2.05) is 12.3 Å². The van der Waals surface area contributed by atoms with Gasteiger partial charge in [0.05, 0.1) is 17.8 Å². The lowest BCUT2D eigenvalue weighted by molar-refractivity contribution is 0.387. The first-order valence-corrected chi connectivity index (χ1v) is 8.49. The molecule has 6 heteroatoms. The minimum absolute atomic E-state index is 0.733. The first kappa shape index (κ1) is 14.7. The van der Waals surface area contributed by atoms with Crippen molar-refractivity contribution in [1.29, 1.82) is 0 Å². The van der Waals surface area contributed by atoms with Gasteiger partial charge in [-0.25, -0.2) is 4.98 Å². The van der Waals surface area contributed by atoms with Crippen LogP contribution in [0.3, 0.4) is 0 Å². The van der Waals surface area contributed by atoms with Crippen LogP contribution in [0.15, 0.2) is 17.4 Å². The van der Waals surface area contributed by atoms with Crippen LogP contribution in [0.1, 0.15) is 30.3 Å². The van der Waals surface area contributed by atoms with Crippen molar-refractivity contribution in [3.63, 3.8) is 0 Å². The summed E-state index contributed by atoms with van der Waals surface area (Å²) in [6.07, 6.45) is 5.20. The number of methoxy groups -OCH3 is 1. The highest BCUT2D eigenvalue weighted by Crippen LogP contribution is 2.32. The third-order valence-corrected chi connectivity index (χ3v) is 4.97. The zero-order chi connectivity index (χ0) is 14.8. The summed E-state index contributed by atoms with van der Waals surface area (Å²) >= 11 is 7.85. The van der Waals surface area contributed by atoms with Crippen LogP contribution in [-0.4, -0.2) is 21.6 Å². The molecule has 2 heterocycles. The second kappa shape index (κ2) is 6.28. The van der Waals surface area contributed by atoms with Crippen molar-refractivity contribution >= 4 is 23.4 Å². The Labute approximate surface area is 133 Å². The molecule has 0 spiro atoms. The van der Waals surface area contributed by atoms with E-state index in [0.717, 1.165) is 59.0 Å². The Morgan fingerprint density at radius 1 is 1.38 bits per heavy atom. The average Bonchev–Trinajstić information content (AvgIpc) is 3.10. The molecule has 2 aromatic heterocycles. The average molecular weight is 324 g/mol. The molecule has 0 saturated carbocycles. The number of aryl methyl sites for hydroxylation is 2. The lowest BCUT2D eigenvalue weighted by Gasteiger charge is -2.09. The SMILES string of the molecule is CCn1ccc(Cl)c1CSc1nc2c(c(OC)n1)CCC2. The maximum absolute atomic E-state index is 6.24. The molecular weight excluding hydrogens is 306 g/mol. The minimum Gasteiger partial charge on any atom is -0.481 e. The quantitative estimate of drug-likeness (QED) is 0.621. The van der Waals surface area contributed by atoms with Crippen molar-refractivity contribution in [2.24, 2.45) is 0 Å². The highest BCUT2D eigenvalue weighted by atomic mass is 35.5. The molecule has 21 heavy (non-hydrogen) atoms. The number of hydrogen-bond acceptors (Lipinski definition) is 4. The summed E-state index contributed by atoms with van der Waals surface area (Å²) in [7, 11) is 1.68. The summed E-state index contributed by atoms with van der Waals surface area (Å²) in [5, 5.41) is 1.57. The molecule has 0 saturated heterocycles. The fraction of sp³-hybridized carbons (Fsp3) is 0.467. The topological polar surface area (TPSA) is 39.9 Å². The molecule has 3 rings (SSSR count). The largest absolute Gasteiger partial charge is 0.481 e. The van der Waals surface area contributed by atoms with E-state index in [1.54, 1.807) is 18.9 Å². The molecule has 2 aromatic rings. The summed E-state index contributed by atoms with van der Waals surface area (Å²) < 4.78 is 7.56. The van der Waals surface area contributed by atoms with Crippen molar-refractivity contribution in [1.82, 2.24) is 14.5 Å². The molecule has 4 nitrogen and oxygen atoms in total. The number of rotatable bonds is 5. The Kier molecular flexibility index (Phi) is 4.40. The Balaban J connectivity index is 1.81. The van der Waals surface area contributed by atoms with Crippen LogP contribution in [0.2, 0.25) is 5.02 Å². The van der Waals surface area contributed by atoms with Crippen molar-refractivity contribution in [2.45, 2.75) is 43.6 Å². The van der Waals surface area contributed by atoms with Gasteiger partial charge in [-0.15, -0.1) is 0 Å². The summed E-state index contributed by atoms with van der Waals surface area (Å²) in [5.74, 6) is 1.50. The third-order valence-electron chi connectivity index (χ3n) is 3.77. The van der Waals surface area contributed by atoms with Gasteiger partial charge < -0.3 is 9.30 Å². The number of ether oxygens (including phenoxy) is 1. The Bertz CT molecular complexity index is 657. The summed E-state index contributed by atoms with van der Waals surface area (Å²) in [6, 6.07) is 1.94. The van der Waals surface area contributed by atoms with Crippen molar-refractivity contribution in [2.75, 3.05) is 7.11 Å². The molecule has 0 bridgehead atoms. The predicted molar refractivity (Wildman–Crippen MR) is 85.3 cm³/mol. The highest BCUT2D eigenvalue weighted by Gasteiger charge is 2.20. The lowest BCUT2D eigenvalue weighted by Crippen LogP contribution is -2.02. The molecular formula is C15H18ClN3OS. The maximum atomic E-state index is 6.24. The number of fused-ring (bicyclic) bond motifs is 1. The molecule has 0 atom stereocenters. The van der Waals surface area contributed by atoms with Crippen LogP contribution < -0.4 is 4.74 Å². The number of halogens is 1. The zero-order valence-electron chi connectivity index (χ0n) is 12.2. The van der Waals surface area contributed by atoms with Gasteiger partial charge in [0, 0.05) is 29.8 Å². The molecule has 112 valence electrons. The molecule has 0 N–H and O–H groups in total. The van der Waals surface area contributed by atoms with Crippen LogP contribution in [0.5, 0.6) is 5.88 Å². The molecule has 0 radical (unpaired) electrons. The van der Waals surface area contributed by atoms with Gasteiger partial charge in [0.15, 0.2) is 5.16 Å². The van der Waals surface area contributed by atoms with Crippen LogP contribution in [0.25, 0.3) is 0 Å². The second-order valence-corrected chi connectivity index (χ2v) is 6.33. The van der Waals surface area contributed by atoms with Gasteiger partial charge >= 0.3 is 0 Å². The monoisotopic (exact) mass is 323 g/mol. The Morgan fingerprint density at radius 3 is 3.00 bits per heavy atom. The minimum atomic E-state index is 0.733. The maximum Gasteiger partial charge on any atom is 0.220 e. The van der Waals surface area contributed by atoms with E-state index >= 15 is 0 Å². The van der Waals surface area contributed by atoms with E-state index in [2.05, 4.69) is 21.5 Å². The van der Waals surface area contributed by atoms with Gasteiger partial charge in [-0.3, -0.25) is 0 Å². The van der Waals surface area contributed by atoms with Crippen LogP contribution >= 0.6 is 23.4 Å². The van der Waals surface area contributed by atoms with Crippen molar-refractivity contribution < 1.29 is 4.74 Å². The number of nitrogens with zero attached hydrogens (tertiary/aromatic N) is 3. The van der Waals surface area contributed by atoms with E-state index < -0.39 is 0 Å². The third kappa shape index (κ3) is 2.90. The van der Waals surface area contributed by atoms with Gasteiger partial charge in [-0.2, -0.15) is 4.98 Å². The van der Waals surface area contributed by atoms with Crippen LogP contribution in [-0.2, 0) is 25.1 Å². The van der Waals surface area contributed by atoms with Gasteiger partial charge in [0.25, 0.3) is 0 Å². The van der Waals surface area contributed by atoms with E-state index in [4.69, 9.17) is 16.3 Å². The van der Waals surface area contributed by atoms with E-state index in [9.17, 15) is 0 Å². The van der Waals surface area contributed by atoms with E-state index in [-0.39, 0.29) is 0 Å². The molecule has 0 aromatic carbocycles. The molecule has 0 amide bonds. The normalized spacial score (nSPS) is 13.5. The fourth-order valence-corrected chi connectivity index (χ4v) is 3.89. The second-order valence-electron chi connectivity index (χ2n) is 4.98. The molecule has 1 aliphatic carbocycles. The van der Waals surface area contributed by atoms with Crippen molar-refractivity contribution in [3.8, 4) is 5.88 Å². The van der Waals surface area contributed by atoms with E-state index in [1.165, 1.54) is 5.56 Å². The fourth-order valence-electron chi connectivity index (χ4n) is 2.67. The smallest absolute Gasteiger partial charge is 0.220 e. The van der Waals surface area contributed by atoms with E-state index in [0.29, 0.717) is 0 Å². The first-order chi connectivity index (χ1) is 10.2. The highest BCUT2D eigenvalue weighted by molar-refractivity contribution is 7.98. The van der Waals surface area contributed by atoms with Gasteiger partial charge in [-0.05, 0) is 32.3 Å². The molecule has 1 aliphatic rings. The first-order valence-electron chi connectivity index (χ1n) is 7.13. The van der Waals surface area contributed by atoms with Crippen LogP contribution in [0.4, 0.5) is 0 Å². The molecule has 0 unspecified atom stereocenters. The number of hydrogen-bond donors (Lipinski definition) is 0. The standard InChI is InChI=1S/C15H18ClN3OS/c1-3-19-8-7-11(16)13(19)9-21-15-17-12-6-4-5-10(12)14(18-15)20-2/h7-8H,3-6,9H2,1-2H3. The summed E-state index contributed by atoms with van der Waals surface area (Å²) in [6.45, 7) is 3.02. The van der Waals surface area contributed by atoms with Gasteiger partial charge in [0.1, 0.15) is 0 Å². The van der Waals surface area contributed by atoms with Gasteiger partial charge in [-0.1, -0.05) is 23.4 Å². The zero-order valence-corrected chi connectivity index (χ0v) is 13.8. The van der Waals surface area contributed by atoms with Crippen LogP contribution in [0, 0.1) is 0 Å². The summed E-state index contributed by atoms with van der Waals surface area (Å²) in [5.41, 5.74) is 3.44. The number of aromatic nitrogens is 3. The molecule has 0 aliphatic heterocycles. The van der Waals surface area contributed by atoms with Gasteiger partial charge in [0.2, 0.25) is 5.88 Å². The predicted octanol–water partition coefficient (Wildman–Crippen LogP) is 3.74. The Morgan fingerprint density at radius 2 is 2.24 bits per heavy atom. The Hall–Kier alpha value is -1.20. The van der Waals surface area contributed by atoms with Crippen molar-refractivity contribution in [3.05, 3.63) is 34.2 Å².